The second-order valence-electron chi connectivity index (χ2n) is 8.79. The Hall–Kier alpha value is -2.88. The number of benzene rings is 2. The molecule has 4 nitrogen and oxygen atoms in total. The molecule has 1 aliphatic rings. The number of aromatic nitrogens is 2. The molecule has 0 unspecified atom stereocenters. The van der Waals surface area contributed by atoms with E-state index in [0.717, 1.165) is 22.8 Å². The SMILES string of the molecule is Cc1ccc2c(c1)N(c1c(C)cc(C(C)(C)C)cc1C)c1cc(C)nnc1O2. The first-order valence-electron chi connectivity index (χ1n) is 9.70. The van der Waals surface area contributed by atoms with Crippen molar-refractivity contribution >= 4 is 17.1 Å². The highest BCUT2D eigenvalue weighted by Gasteiger charge is 2.30. The van der Waals surface area contributed by atoms with Gasteiger partial charge in [0.25, 0.3) is 5.88 Å². The highest BCUT2D eigenvalue weighted by Crippen LogP contribution is 2.51. The van der Waals surface area contributed by atoms with Crippen molar-refractivity contribution in [2.75, 3.05) is 4.90 Å². The number of hydrogen-bond donors (Lipinski definition) is 0. The third-order valence-corrected chi connectivity index (χ3v) is 5.25. The van der Waals surface area contributed by atoms with Gasteiger partial charge in [-0.2, -0.15) is 5.10 Å². The number of aryl methyl sites for hydroxylation is 4. The van der Waals surface area contributed by atoms with Crippen LogP contribution in [0.2, 0.25) is 0 Å². The molecule has 144 valence electrons. The first-order valence-corrected chi connectivity index (χ1v) is 9.70. The number of anilines is 3. The first kappa shape index (κ1) is 18.5. The monoisotopic (exact) mass is 373 g/mol. The van der Waals surface area contributed by atoms with E-state index >= 15 is 0 Å². The minimum absolute atomic E-state index is 0.105. The number of fused-ring (bicyclic) bond motifs is 2. The molecule has 28 heavy (non-hydrogen) atoms. The molecule has 0 radical (unpaired) electrons. The van der Waals surface area contributed by atoms with Gasteiger partial charge >= 0.3 is 0 Å². The van der Waals surface area contributed by atoms with E-state index < -0.39 is 0 Å². The van der Waals surface area contributed by atoms with Gasteiger partial charge in [0, 0.05) is 0 Å². The van der Waals surface area contributed by atoms with Crippen molar-refractivity contribution in [2.24, 2.45) is 0 Å². The van der Waals surface area contributed by atoms with Crippen LogP contribution in [0, 0.1) is 27.7 Å². The Morgan fingerprint density at radius 3 is 2.14 bits per heavy atom. The molecular weight excluding hydrogens is 346 g/mol. The Balaban J connectivity index is 2.00. The molecule has 0 aliphatic carbocycles. The van der Waals surface area contributed by atoms with Crippen LogP contribution in [-0.2, 0) is 5.41 Å². The summed E-state index contributed by atoms with van der Waals surface area (Å²) in [6.07, 6.45) is 0. The van der Waals surface area contributed by atoms with Crippen LogP contribution in [0.1, 0.15) is 48.7 Å². The van der Waals surface area contributed by atoms with Gasteiger partial charge in [-0.3, -0.25) is 0 Å². The van der Waals surface area contributed by atoms with Crippen LogP contribution in [0.15, 0.2) is 36.4 Å². The van der Waals surface area contributed by atoms with Crippen LogP contribution in [0.3, 0.4) is 0 Å². The van der Waals surface area contributed by atoms with Crippen molar-refractivity contribution in [2.45, 2.75) is 53.9 Å². The Kier molecular flexibility index (Phi) is 4.18. The molecule has 0 amide bonds. The van der Waals surface area contributed by atoms with E-state index in [4.69, 9.17) is 4.74 Å². The minimum Gasteiger partial charge on any atom is -0.434 e. The first-order chi connectivity index (χ1) is 13.1. The largest absolute Gasteiger partial charge is 0.434 e. The van der Waals surface area contributed by atoms with E-state index in [0.29, 0.717) is 5.88 Å². The predicted octanol–water partition coefficient (Wildman–Crippen LogP) is 6.58. The summed E-state index contributed by atoms with van der Waals surface area (Å²) in [7, 11) is 0. The molecule has 0 N–H and O–H groups in total. The molecule has 0 saturated carbocycles. The topological polar surface area (TPSA) is 38.2 Å². The maximum absolute atomic E-state index is 6.08. The van der Waals surface area contributed by atoms with Gasteiger partial charge in [0.2, 0.25) is 0 Å². The van der Waals surface area contributed by atoms with Gasteiger partial charge in [-0.25, -0.2) is 0 Å². The van der Waals surface area contributed by atoms with Gasteiger partial charge in [0.05, 0.1) is 17.1 Å². The quantitative estimate of drug-likeness (QED) is 0.377. The van der Waals surface area contributed by atoms with E-state index in [1.54, 1.807) is 0 Å². The summed E-state index contributed by atoms with van der Waals surface area (Å²) in [5.41, 5.74) is 9.12. The molecule has 0 fully saturated rings. The number of ether oxygens (including phenoxy) is 1. The van der Waals surface area contributed by atoms with Gasteiger partial charge in [0.1, 0.15) is 5.69 Å². The van der Waals surface area contributed by atoms with E-state index in [1.165, 1.54) is 27.9 Å². The number of rotatable bonds is 1. The summed E-state index contributed by atoms with van der Waals surface area (Å²) in [4.78, 5) is 2.28. The molecule has 1 aliphatic heterocycles. The van der Waals surface area contributed by atoms with Gasteiger partial charge in [-0.15, -0.1) is 5.10 Å². The third-order valence-electron chi connectivity index (χ3n) is 5.25. The van der Waals surface area contributed by atoms with Gasteiger partial charge in [-0.05, 0) is 73.6 Å². The molecule has 4 rings (SSSR count). The number of nitrogens with zero attached hydrogens (tertiary/aromatic N) is 3. The van der Waals surface area contributed by atoms with Crippen LogP contribution in [0.4, 0.5) is 17.1 Å². The van der Waals surface area contributed by atoms with Crippen molar-refractivity contribution in [3.63, 3.8) is 0 Å². The third kappa shape index (κ3) is 3.03. The smallest absolute Gasteiger partial charge is 0.263 e. The summed E-state index contributed by atoms with van der Waals surface area (Å²) >= 11 is 0. The van der Waals surface area contributed by atoms with Crippen LogP contribution >= 0.6 is 0 Å². The second kappa shape index (κ2) is 6.33. The van der Waals surface area contributed by atoms with Crippen LogP contribution < -0.4 is 9.64 Å². The zero-order valence-electron chi connectivity index (χ0n) is 17.7. The Morgan fingerprint density at radius 1 is 0.821 bits per heavy atom. The van der Waals surface area contributed by atoms with Crippen molar-refractivity contribution in [1.82, 2.24) is 10.2 Å². The molecule has 2 aromatic carbocycles. The van der Waals surface area contributed by atoms with E-state index in [1.807, 2.05) is 19.1 Å². The lowest BCUT2D eigenvalue weighted by Gasteiger charge is -2.35. The molecule has 0 bridgehead atoms. The summed E-state index contributed by atoms with van der Waals surface area (Å²) < 4.78 is 6.08. The summed E-state index contributed by atoms with van der Waals surface area (Å²) in [6.45, 7) is 15.2. The zero-order chi connectivity index (χ0) is 20.2. The molecule has 2 heterocycles. The van der Waals surface area contributed by atoms with Crippen LogP contribution in [-0.4, -0.2) is 10.2 Å². The van der Waals surface area contributed by atoms with Crippen molar-refractivity contribution in [3.05, 3.63) is 64.3 Å². The fourth-order valence-electron chi connectivity index (χ4n) is 3.80. The molecular formula is C24H27N3O. The lowest BCUT2D eigenvalue weighted by Crippen LogP contribution is -2.20. The van der Waals surface area contributed by atoms with Gasteiger partial charge in [-0.1, -0.05) is 39.0 Å². The highest BCUT2D eigenvalue weighted by atomic mass is 16.5. The lowest BCUT2D eigenvalue weighted by molar-refractivity contribution is 0.449. The van der Waals surface area contributed by atoms with Crippen molar-refractivity contribution in [3.8, 4) is 11.6 Å². The average Bonchev–Trinajstić information content (AvgIpc) is 2.60. The average molecular weight is 374 g/mol. The fourth-order valence-corrected chi connectivity index (χ4v) is 3.80. The Morgan fingerprint density at radius 2 is 1.50 bits per heavy atom. The highest BCUT2D eigenvalue weighted by molar-refractivity contribution is 5.88. The second-order valence-corrected chi connectivity index (χ2v) is 8.79. The van der Waals surface area contributed by atoms with Crippen molar-refractivity contribution in [1.29, 1.82) is 0 Å². The molecule has 0 atom stereocenters. The Bertz CT molecular complexity index is 1010. The fraction of sp³-hybridized carbons (Fsp3) is 0.333. The summed E-state index contributed by atoms with van der Waals surface area (Å²) in [5.74, 6) is 1.34. The standard InChI is InChI=1S/C24H27N3O/c1-14-8-9-21-19(10-14)27(20-13-17(4)25-26-23(20)28-21)22-15(2)11-18(12-16(22)3)24(5,6)7/h8-13H,1-7H3. The summed E-state index contributed by atoms with van der Waals surface area (Å²) in [6, 6.07) is 12.9. The molecule has 1 aromatic heterocycles. The molecule has 0 spiro atoms. The lowest BCUT2D eigenvalue weighted by atomic mass is 9.84. The predicted molar refractivity (Wildman–Crippen MR) is 114 cm³/mol. The number of hydrogen-bond acceptors (Lipinski definition) is 4. The molecule has 3 aromatic rings. The van der Waals surface area contributed by atoms with Gasteiger partial charge < -0.3 is 9.64 Å². The zero-order valence-corrected chi connectivity index (χ0v) is 17.7. The molecule has 0 saturated heterocycles. The molecule has 4 heteroatoms. The van der Waals surface area contributed by atoms with E-state index in [-0.39, 0.29) is 5.41 Å². The van der Waals surface area contributed by atoms with Crippen LogP contribution in [0.5, 0.6) is 11.6 Å². The van der Waals surface area contributed by atoms with Crippen LogP contribution in [0.25, 0.3) is 0 Å². The van der Waals surface area contributed by atoms with E-state index in [9.17, 15) is 0 Å². The minimum atomic E-state index is 0.105. The maximum Gasteiger partial charge on any atom is 0.263 e. The maximum atomic E-state index is 6.08. The van der Waals surface area contributed by atoms with Gasteiger partial charge in [0.15, 0.2) is 5.75 Å². The van der Waals surface area contributed by atoms with E-state index in [2.05, 4.69) is 80.9 Å². The summed E-state index contributed by atoms with van der Waals surface area (Å²) in [5, 5.41) is 8.52. The normalized spacial score (nSPS) is 13.0. The van der Waals surface area contributed by atoms with Crippen molar-refractivity contribution < 1.29 is 4.74 Å². The Labute approximate surface area is 167 Å².